The van der Waals surface area contributed by atoms with Crippen LogP contribution in [0.3, 0.4) is 0 Å². The lowest BCUT2D eigenvalue weighted by Gasteiger charge is -2.13. The standard InChI is InChI=1S/C22H21N3/c1-15(2)21-24-20-13-6-5-12-19(20)22(25-21)23-14-17-10-7-9-16-8-3-4-11-18(16)17/h3-13,15H,14H2,1-2H3,(H,23,24,25). The Morgan fingerprint density at radius 2 is 1.52 bits per heavy atom. The molecule has 1 heterocycles. The highest BCUT2D eigenvalue weighted by Crippen LogP contribution is 2.25. The van der Waals surface area contributed by atoms with Crippen molar-refractivity contribution in [3.05, 3.63) is 78.1 Å². The molecule has 0 amide bonds. The van der Waals surface area contributed by atoms with Crippen molar-refractivity contribution in [2.24, 2.45) is 0 Å². The molecule has 0 spiro atoms. The average molecular weight is 327 g/mol. The van der Waals surface area contributed by atoms with Crippen LogP contribution in [0, 0.1) is 0 Å². The molecule has 0 radical (unpaired) electrons. The van der Waals surface area contributed by atoms with Crippen LogP contribution in [0.25, 0.3) is 21.7 Å². The van der Waals surface area contributed by atoms with Gasteiger partial charge in [-0.3, -0.25) is 0 Å². The van der Waals surface area contributed by atoms with Crippen LogP contribution >= 0.6 is 0 Å². The van der Waals surface area contributed by atoms with Crippen LogP contribution in [0.4, 0.5) is 5.82 Å². The van der Waals surface area contributed by atoms with Crippen LogP contribution in [0.2, 0.25) is 0 Å². The van der Waals surface area contributed by atoms with Gasteiger partial charge in [-0.1, -0.05) is 68.4 Å². The highest BCUT2D eigenvalue weighted by molar-refractivity contribution is 5.90. The van der Waals surface area contributed by atoms with Crippen molar-refractivity contribution in [2.75, 3.05) is 5.32 Å². The van der Waals surface area contributed by atoms with Crippen molar-refractivity contribution < 1.29 is 0 Å². The molecule has 0 saturated carbocycles. The molecule has 0 aliphatic carbocycles. The average Bonchev–Trinajstić information content (AvgIpc) is 2.65. The highest BCUT2D eigenvalue weighted by atomic mass is 15.0. The normalized spacial score (nSPS) is 11.3. The van der Waals surface area contributed by atoms with Crippen LogP contribution in [-0.2, 0) is 6.54 Å². The van der Waals surface area contributed by atoms with Crippen molar-refractivity contribution >= 4 is 27.5 Å². The van der Waals surface area contributed by atoms with E-state index in [0.717, 1.165) is 29.1 Å². The predicted octanol–water partition coefficient (Wildman–Crippen LogP) is 5.52. The minimum absolute atomic E-state index is 0.294. The molecule has 0 fully saturated rings. The third-order valence-corrected chi connectivity index (χ3v) is 4.46. The smallest absolute Gasteiger partial charge is 0.137 e. The zero-order valence-electron chi connectivity index (χ0n) is 14.5. The molecule has 3 nitrogen and oxygen atoms in total. The summed E-state index contributed by atoms with van der Waals surface area (Å²) >= 11 is 0. The van der Waals surface area contributed by atoms with Gasteiger partial charge in [0.25, 0.3) is 0 Å². The topological polar surface area (TPSA) is 37.8 Å². The van der Waals surface area contributed by atoms with E-state index in [1.807, 2.05) is 18.2 Å². The lowest BCUT2D eigenvalue weighted by atomic mass is 10.0. The molecule has 1 aromatic heterocycles. The van der Waals surface area contributed by atoms with E-state index in [1.165, 1.54) is 16.3 Å². The van der Waals surface area contributed by atoms with Crippen LogP contribution in [-0.4, -0.2) is 9.97 Å². The molecule has 3 heteroatoms. The minimum Gasteiger partial charge on any atom is -0.365 e. The summed E-state index contributed by atoms with van der Waals surface area (Å²) in [6, 6.07) is 23.1. The van der Waals surface area contributed by atoms with E-state index in [2.05, 4.69) is 72.7 Å². The largest absolute Gasteiger partial charge is 0.365 e. The number of para-hydroxylation sites is 1. The van der Waals surface area contributed by atoms with Gasteiger partial charge in [0.15, 0.2) is 0 Å². The first-order valence-corrected chi connectivity index (χ1v) is 8.69. The Balaban J connectivity index is 1.73. The maximum Gasteiger partial charge on any atom is 0.137 e. The summed E-state index contributed by atoms with van der Waals surface area (Å²) in [5, 5.41) is 7.14. The first kappa shape index (κ1) is 15.6. The second-order valence-corrected chi connectivity index (χ2v) is 6.59. The summed E-state index contributed by atoms with van der Waals surface area (Å²) in [7, 11) is 0. The molecule has 4 aromatic rings. The number of fused-ring (bicyclic) bond motifs is 2. The van der Waals surface area contributed by atoms with Gasteiger partial charge in [-0.2, -0.15) is 0 Å². The summed E-state index contributed by atoms with van der Waals surface area (Å²) in [6.45, 7) is 4.98. The third kappa shape index (κ3) is 3.05. The zero-order valence-corrected chi connectivity index (χ0v) is 14.5. The second-order valence-electron chi connectivity index (χ2n) is 6.59. The van der Waals surface area contributed by atoms with E-state index in [1.54, 1.807) is 0 Å². The lowest BCUT2D eigenvalue weighted by molar-refractivity contribution is 0.783. The number of hydrogen-bond donors (Lipinski definition) is 1. The summed E-state index contributed by atoms with van der Waals surface area (Å²) in [5.41, 5.74) is 2.26. The first-order valence-electron chi connectivity index (χ1n) is 8.69. The molecule has 0 aliphatic heterocycles. The predicted molar refractivity (Wildman–Crippen MR) is 105 cm³/mol. The van der Waals surface area contributed by atoms with Gasteiger partial charge >= 0.3 is 0 Å². The number of benzene rings is 3. The van der Waals surface area contributed by atoms with E-state index in [9.17, 15) is 0 Å². The second kappa shape index (κ2) is 6.52. The summed E-state index contributed by atoms with van der Waals surface area (Å²) in [4.78, 5) is 9.46. The SMILES string of the molecule is CC(C)c1nc(NCc2cccc3ccccc23)c2ccccc2n1. The van der Waals surface area contributed by atoms with Gasteiger partial charge in [-0.25, -0.2) is 9.97 Å². The number of nitrogens with zero attached hydrogens (tertiary/aromatic N) is 2. The maximum atomic E-state index is 4.77. The van der Waals surface area contributed by atoms with Crippen LogP contribution in [0.1, 0.15) is 31.2 Å². The zero-order chi connectivity index (χ0) is 17.2. The molecule has 0 unspecified atom stereocenters. The summed E-state index contributed by atoms with van der Waals surface area (Å²) in [6.07, 6.45) is 0. The fraction of sp³-hybridized carbons (Fsp3) is 0.182. The summed E-state index contributed by atoms with van der Waals surface area (Å²) in [5.74, 6) is 2.07. The van der Waals surface area contributed by atoms with Crippen molar-refractivity contribution in [3.8, 4) is 0 Å². The Morgan fingerprint density at radius 1 is 0.800 bits per heavy atom. The van der Waals surface area contributed by atoms with E-state index in [4.69, 9.17) is 4.98 Å². The number of nitrogens with one attached hydrogen (secondary N) is 1. The molecule has 3 aromatic carbocycles. The molecule has 0 aliphatic rings. The molecule has 1 N–H and O–H groups in total. The molecule has 25 heavy (non-hydrogen) atoms. The Labute approximate surface area is 147 Å². The Bertz CT molecular complexity index is 1030. The third-order valence-electron chi connectivity index (χ3n) is 4.46. The molecular weight excluding hydrogens is 306 g/mol. The first-order chi connectivity index (χ1) is 12.2. The molecule has 4 rings (SSSR count). The van der Waals surface area contributed by atoms with E-state index in [0.29, 0.717) is 5.92 Å². The van der Waals surface area contributed by atoms with E-state index >= 15 is 0 Å². The van der Waals surface area contributed by atoms with Gasteiger partial charge in [0.2, 0.25) is 0 Å². The van der Waals surface area contributed by atoms with Crippen LogP contribution in [0.5, 0.6) is 0 Å². The Morgan fingerprint density at radius 3 is 2.36 bits per heavy atom. The van der Waals surface area contributed by atoms with Crippen molar-refractivity contribution in [3.63, 3.8) is 0 Å². The molecule has 124 valence electrons. The van der Waals surface area contributed by atoms with Gasteiger partial charge in [-0.05, 0) is 28.5 Å². The fourth-order valence-electron chi connectivity index (χ4n) is 3.11. The van der Waals surface area contributed by atoms with Gasteiger partial charge < -0.3 is 5.32 Å². The summed E-state index contributed by atoms with van der Waals surface area (Å²) < 4.78 is 0. The number of aromatic nitrogens is 2. The van der Waals surface area contributed by atoms with Crippen LogP contribution < -0.4 is 5.32 Å². The monoisotopic (exact) mass is 327 g/mol. The Hall–Kier alpha value is -2.94. The quantitative estimate of drug-likeness (QED) is 0.536. The van der Waals surface area contributed by atoms with Crippen molar-refractivity contribution in [1.82, 2.24) is 9.97 Å². The van der Waals surface area contributed by atoms with Gasteiger partial charge in [0.1, 0.15) is 11.6 Å². The lowest BCUT2D eigenvalue weighted by Crippen LogP contribution is -2.07. The number of rotatable bonds is 4. The molecule has 0 saturated heterocycles. The van der Waals surface area contributed by atoms with E-state index < -0.39 is 0 Å². The molecule has 0 bridgehead atoms. The van der Waals surface area contributed by atoms with E-state index in [-0.39, 0.29) is 0 Å². The molecular formula is C22H21N3. The number of hydrogen-bond acceptors (Lipinski definition) is 3. The molecule has 0 atom stereocenters. The van der Waals surface area contributed by atoms with Gasteiger partial charge in [0.05, 0.1) is 5.52 Å². The van der Waals surface area contributed by atoms with Crippen molar-refractivity contribution in [1.29, 1.82) is 0 Å². The number of anilines is 1. The van der Waals surface area contributed by atoms with Gasteiger partial charge in [-0.15, -0.1) is 0 Å². The van der Waals surface area contributed by atoms with Crippen LogP contribution in [0.15, 0.2) is 66.7 Å². The van der Waals surface area contributed by atoms with Crippen molar-refractivity contribution in [2.45, 2.75) is 26.3 Å². The van der Waals surface area contributed by atoms with Gasteiger partial charge in [0, 0.05) is 17.8 Å². The maximum absolute atomic E-state index is 4.77. The fourth-order valence-corrected chi connectivity index (χ4v) is 3.11. The minimum atomic E-state index is 0.294. The highest BCUT2D eigenvalue weighted by Gasteiger charge is 2.10. The Kier molecular flexibility index (Phi) is 4.06.